The van der Waals surface area contributed by atoms with Gasteiger partial charge in [0.2, 0.25) is 0 Å². The van der Waals surface area contributed by atoms with Gasteiger partial charge in [0.05, 0.1) is 12.8 Å². The van der Waals surface area contributed by atoms with Crippen LogP contribution in [0.4, 0.5) is 5.69 Å². The molecular weight excluding hydrogens is 237 g/mol. The Labute approximate surface area is 98.3 Å². The summed E-state index contributed by atoms with van der Waals surface area (Å²) in [5.74, 6) is 0.102. The van der Waals surface area contributed by atoms with Crippen molar-refractivity contribution < 1.29 is 9.53 Å². The Hall–Kier alpha value is -0.930. The zero-order chi connectivity index (χ0) is 11.4. The summed E-state index contributed by atoms with van der Waals surface area (Å²) < 4.78 is 5.08. The van der Waals surface area contributed by atoms with Crippen LogP contribution in [0, 0.1) is 6.92 Å². The number of ether oxygens (including phenoxy) is 1. The molecule has 1 N–H and O–H groups in total. The van der Waals surface area contributed by atoms with Gasteiger partial charge >= 0.3 is 0 Å². The van der Waals surface area contributed by atoms with Crippen molar-refractivity contribution in [3.63, 3.8) is 0 Å². The van der Waals surface area contributed by atoms with Gasteiger partial charge < -0.3 is 10.1 Å². The first kappa shape index (κ1) is 12.1. The Bertz CT molecular complexity index is 366. The Kier molecular flexibility index (Phi) is 4.24. The SMILES string of the molecule is COc1ccc(C)cc1NC(=O)C(Cl)Cl. The number of anilines is 1. The first-order valence-electron chi connectivity index (χ1n) is 4.28. The Balaban J connectivity index is 2.92. The summed E-state index contributed by atoms with van der Waals surface area (Å²) in [5, 5.41) is 2.57. The van der Waals surface area contributed by atoms with Gasteiger partial charge in [-0.3, -0.25) is 4.79 Å². The van der Waals surface area contributed by atoms with E-state index in [9.17, 15) is 4.79 Å². The molecule has 5 heteroatoms. The van der Waals surface area contributed by atoms with E-state index in [0.717, 1.165) is 5.56 Å². The van der Waals surface area contributed by atoms with Crippen LogP contribution in [0.3, 0.4) is 0 Å². The molecule has 0 unspecified atom stereocenters. The summed E-state index contributed by atoms with van der Waals surface area (Å²) in [5.41, 5.74) is 1.57. The molecule has 0 saturated heterocycles. The van der Waals surface area contributed by atoms with E-state index >= 15 is 0 Å². The van der Waals surface area contributed by atoms with Crippen molar-refractivity contribution in [2.75, 3.05) is 12.4 Å². The number of carbonyl (C=O) groups is 1. The zero-order valence-electron chi connectivity index (χ0n) is 8.38. The lowest BCUT2D eigenvalue weighted by Crippen LogP contribution is -2.19. The van der Waals surface area contributed by atoms with Gasteiger partial charge in [-0.05, 0) is 24.6 Å². The summed E-state index contributed by atoms with van der Waals surface area (Å²) in [7, 11) is 1.53. The number of benzene rings is 1. The highest BCUT2D eigenvalue weighted by atomic mass is 35.5. The topological polar surface area (TPSA) is 38.3 Å². The van der Waals surface area contributed by atoms with E-state index in [4.69, 9.17) is 27.9 Å². The van der Waals surface area contributed by atoms with Crippen LogP contribution < -0.4 is 10.1 Å². The number of hydrogen-bond acceptors (Lipinski definition) is 2. The molecule has 0 heterocycles. The smallest absolute Gasteiger partial charge is 0.257 e. The zero-order valence-corrected chi connectivity index (χ0v) is 9.89. The number of aryl methyl sites for hydroxylation is 1. The minimum Gasteiger partial charge on any atom is -0.495 e. The van der Waals surface area contributed by atoms with Crippen molar-refractivity contribution in [1.82, 2.24) is 0 Å². The van der Waals surface area contributed by atoms with Crippen molar-refractivity contribution in [2.45, 2.75) is 11.8 Å². The fourth-order valence-corrected chi connectivity index (χ4v) is 1.22. The fraction of sp³-hybridized carbons (Fsp3) is 0.300. The Morgan fingerprint density at radius 3 is 2.67 bits per heavy atom. The third kappa shape index (κ3) is 3.29. The molecule has 0 aliphatic rings. The monoisotopic (exact) mass is 247 g/mol. The summed E-state index contributed by atoms with van der Waals surface area (Å²) >= 11 is 10.9. The second kappa shape index (κ2) is 5.24. The van der Waals surface area contributed by atoms with Crippen LogP contribution >= 0.6 is 23.2 Å². The minimum absolute atomic E-state index is 0.470. The highest BCUT2D eigenvalue weighted by molar-refractivity contribution is 6.54. The lowest BCUT2D eigenvalue weighted by molar-refractivity contribution is -0.114. The van der Waals surface area contributed by atoms with E-state index in [-0.39, 0.29) is 0 Å². The summed E-state index contributed by atoms with van der Waals surface area (Å²) in [6.07, 6.45) is 0. The van der Waals surface area contributed by atoms with Gasteiger partial charge in [-0.25, -0.2) is 0 Å². The Morgan fingerprint density at radius 1 is 1.47 bits per heavy atom. The summed E-state index contributed by atoms with van der Waals surface area (Å²) in [6.45, 7) is 1.91. The lowest BCUT2D eigenvalue weighted by atomic mass is 10.2. The van der Waals surface area contributed by atoms with E-state index in [2.05, 4.69) is 5.32 Å². The molecule has 0 atom stereocenters. The molecule has 0 aliphatic heterocycles. The molecule has 82 valence electrons. The van der Waals surface area contributed by atoms with Crippen molar-refractivity contribution in [3.8, 4) is 5.75 Å². The fourth-order valence-electron chi connectivity index (χ4n) is 1.11. The lowest BCUT2D eigenvalue weighted by Gasteiger charge is -2.11. The number of nitrogens with one attached hydrogen (secondary N) is 1. The molecule has 3 nitrogen and oxygen atoms in total. The van der Waals surface area contributed by atoms with Crippen LogP contribution in [0.1, 0.15) is 5.56 Å². The van der Waals surface area contributed by atoms with Gasteiger partial charge in [0.15, 0.2) is 4.84 Å². The minimum atomic E-state index is -1.09. The van der Waals surface area contributed by atoms with E-state index < -0.39 is 10.7 Å². The third-order valence-electron chi connectivity index (χ3n) is 1.81. The van der Waals surface area contributed by atoms with Gasteiger partial charge in [-0.2, -0.15) is 0 Å². The van der Waals surface area contributed by atoms with Crippen LogP contribution in [0.5, 0.6) is 5.75 Å². The maximum Gasteiger partial charge on any atom is 0.257 e. The average Bonchev–Trinajstić information content (AvgIpc) is 2.18. The Morgan fingerprint density at radius 2 is 2.13 bits per heavy atom. The van der Waals surface area contributed by atoms with E-state index in [1.54, 1.807) is 12.1 Å². The number of carbonyl (C=O) groups excluding carboxylic acids is 1. The highest BCUT2D eigenvalue weighted by Crippen LogP contribution is 2.25. The van der Waals surface area contributed by atoms with Crippen molar-refractivity contribution in [3.05, 3.63) is 23.8 Å². The molecule has 1 rings (SSSR count). The number of rotatable bonds is 3. The van der Waals surface area contributed by atoms with Crippen LogP contribution in [0.15, 0.2) is 18.2 Å². The van der Waals surface area contributed by atoms with Crippen LogP contribution in [0.2, 0.25) is 0 Å². The van der Waals surface area contributed by atoms with Gasteiger partial charge in [-0.1, -0.05) is 29.3 Å². The van der Waals surface area contributed by atoms with Crippen LogP contribution in [0.25, 0.3) is 0 Å². The van der Waals surface area contributed by atoms with Crippen molar-refractivity contribution >= 4 is 34.8 Å². The van der Waals surface area contributed by atoms with Crippen molar-refractivity contribution in [1.29, 1.82) is 0 Å². The molecule has 0 fully saturated rings. The van der Waals surface area contributed by atoms with Crippen LogP contribution in [-0.4, -0.2) is 17.9 Å². The largest absolute Gasteiger partial charge is 0.495 e. The van der Waals surface area contributed by atoms with E-state index in [1.807, 2.05) is 13.0 Å². The molecule has 0 radical (unpaired) electrons. The third-order valence-corrected chi connectivity index (χ3v) is 2.21. The molecule has 1 amide bonds. The molecular formula is C10H11Cl2NO2. The standard InChI is InChI=1S/C10H11Cl2NO2/c1-6-3-4-8(15-2)7(5-6)13-10(14)9(11)12/h3-5,9H,1-2H3,(H,13,14). The highest BCUT2D eigenvalue weighted by Gasteiger charge is 2.13. The number of alkyl halides is 2. The predicted molar refractivity (Wildman–Crippen MR) is 61.9 cm³/mol. The molecule has 0 aliphatic carbocycles. The maximum atomic E-state index is 11.3. The molecule has 0 spiro atoms. The molecule has 0 aromatic heterocycles. The van der Waals surface area contributed by atoms with Crippen LogP contribution in [-0.2, 0) is 4.79 Å². The second-order valence-corrected chi connectivity index (χ2v) is 4.09. The first-order valence-corrected chi connectivity index (χ1v) is 5.15. The molecule has 0 saturated carbocycles. The van der Waals surface area contributed by atoms with Gasteiger partial charge in [0, 0.05) is 0 Å². The molecule has 15 heavy (non-hydrogen) atoms. The number of halogens is 2. The number of methoxy groups -OCH3 is 1. The van der Waals surface area contributed by atoms with Gasteiger partial charge in [0.1, 0.15) is 5.75 Å². The number of amides is 1. The molecule has 1 aromatic rings. The average molecular weight is 248 g/mol. The normalized spacial score (nSPS) is 10.2. The van der Waals surface area contributed by atoms with Gasteiger partial charge in [0.25, 0.3) is 5.91 Å². The maximum absolute atomic E-state index is 11.3. The number of hydrogen-bond donors (Lipinski definition) is 1. The van der Waals surface area contributed by atoms with Crippen molar-refractivity contribution in [2.24, 2.45) is 0 Å². The molecule has 1 aromatic carbocycles. The summed E-state index contributed by atoms with van der Waals surface area (Å²) in [4.78, 5) is 10.2. The van der Waals surface area contributed by atoms with Gasteiger partial charge in [-0.15, -0.1) is 0 Å². The quantitative estimate of drug-likeness (QED) is 0.835. The molecule has 0 bridgehead atoms. The predicted octanol–water partition coefficient (Wildman–Crippen LogP) is 2.75. The van der Waals surface area contributed by atoms with E-state index in [0.29, 0.717) is 11.4 Å². The first-order chi connectivity index (χ1) is 7.04. The second-order valence-electron chi connectivity index (χ2n) is 2.99. The van der Waals surface area contributed by atoms with E-state index in [1.165, 1.54) is 7.11 Å². The summed E-state index contributed by atoms with van der Waals surface area (Å²) in [6, 6.07) is 5.43.